The van der Waals surface area contributed by atoms with Crippen LogP contribution < -0.4 is 14.7 Å². The molecule has 2 saturated heterocycles. The highest BCUT2D eigenvalue weighted by Gasteiger charge is 2.80. The first kappa shape index (κ1) is 26.7. The summed E-state index contributed by atoms with van der Waals surface area (Å²) in [6.45, 7) is 0. The lowest BCUT2D eigenvalue weighted by Gasteiger charge is -2.57. The van der Waals surface area contributed by atoms with Crippen LogP contribution in [-0.4, -0.2) is 29.2 Å². The van der Waals surface area contributed by atoms with Crippen molar-refractivity contribution in [3.8, 4) is 0 Å². The van der Waals surface area contributed by atoms with Gasteiger partial charge in [0.1, 0.15) is 0 Å². The van der Waals surface area contributed by atoms with Crippen molar-refractivity contribution in [2.45, 2.75) is 5.54 Å². The molecular formula is C36H23Cl2N3O4. The Bertz CT molecular complexity index is 1920. The summed E-state index contributed by atoms with van der Waals surface area (Å²) >= 11 is 12.3. The van der Waals surface area contributed by atoms with E-state index >= 15 is 0 Å². The van der Waals surface area contributed by atoms with Gasteiger partial charge in [0.15, 0.2) is 0 Å². The Morgan fingerprint density at radius 1 is 0.533 bits per heavy atom. The van der Waals surface area contributed by atoms with E-state index < -0.39 is 35.1 Å². The van der Waals surface area contributed by atoms with E-state index in [9.17, 15) is 19.2 Å². The maximum Gasteiger partial charge on any atom is 0.240 e. The van der Waals surface area contributed by atoms with Crippen molar-refractivity contribution < 1.29 is 19.2 Å². The van der Waals surface area contributed by atoms with Gasteiger partial charge >= 0.3 is 0 Å². The lowest BCUT2D eigenvalue weighted by atomic mass is 9.47. The SMILES string of the molecule is O=C1C2C3C=C4c5ccccc5N(c5ccccc5)C4(C2C(=O)N1c1ccc(Cl)cc1)C1C(=O)N(c2ccc(Cl)cc2)C(=O)C31. The average Bonchev–Trinajstić information content (AvgIpc) is 3.62. The average molecular weight is 633 g/mol. The summed E-state index contributed by atoms with van der Waals surface area (Å²) in [6.07, 6.45) is 2.01. The molecule has 3 heterocycles. The first-order chi connectivity index (χ1) is 21.8. The van der Waals surface area contributed by atoms with Gasteiger partial charge in [-0.25, -0.2) is 9.80 Å². The molecule has 4 unspecified atom stereocenters. The highest BCUT2D eigenvalue weighted by molar-refractivity contribution is 6.32. The van der Waals surface area contributed by atoms with Crippen LogP contribution in [0.5, 0.6) is 0 Å². The molecule has 7 nitrogen and oxygen atoms in total. The fourth-order valence-corrected chi connectivity index (χ4v) is 9.04. The van der Waals surface area contributed by atoms with E-state index in [4.69, 9.17) is 23.2 Å². The summed E-state index contributed by atoms with van der Waals surface area (Å²) in [5, 5.41) is 0.958. The Morgan fingerprint density at radius 3 is 1.56 bits per heavy atom. The molecule has 1 saturated carbocycles. The molecule has 220 valence electrons. The first-order valence-corrected chi connectivity index (χ1v) is 15.5. The molecule has 10 rings (SSSR count). The zero-order valence-electron chi connectivity index (χ0n) is 23.5. The number of hydrogen-bond donors (Lipinski definition) is 0. The van der Waals surface area contributed by atoms with Crippen molar-refractivity contribution in [1.29, 1.82) is 0 Å². The van der Waals surface area contributed by atoms with Crippen LogP contribution in [0.4, 0.5) is 22.7 Å². The Hall–Kier alpha value is -4.72. The minimum Gasteiger partial charge on any atom is -0.329 e. The maximum absolute atomic E-state index is 14.9. The third-order valence-corrected chi connectivity index (χ3v) is 10.8. The number of fused-ring (bicyclic) bond motifs is 1. The zero-order chi connectivity index (χ0) is 30.8. The van der Waals surface area contributed by atoms with E-state index in [2.05, 4.69) is 4.90 Å². The van der Waals surface area contributed by atoms with Gasteiger partial charge in [0, 0.05) is 32.9 Å². The van der Waals surface area contributed by atoms with E-state index in [1.165, 1.54) is 9.80 Å². The molecule has 0 aromatic heterocycles. The van der Waals surface area contributed by atoms with Crippen LogP contribution in [0.25, 0.3) is 5.57 Å². The number of nitrogens with zero attached hydrogens (tertiary/aromatic N) is 3. The zero-order valence-corrected chi connectivity index (χ0v) is 25.0. The predicted molar refractivity (Wildman–Crippen MR) is 171 cm³/mol. The van der Waals surface area contributed by atoms with Crippen LogP contribution in [-0.2, 0) is 19.2 Å². The number of hydrogen-bond acceptors (Lipinski definition) is 5. The molecule has 1 spiro atoms. The molecule has 45 heavy (non-hydrogen) atoms. The Morgan fingerprint density at radius 2 is 1.02 bits per heavy atom. The van der Waals surface area contributed by atoms with Gasteiger partial charge in [-0.1, -0.05) is 65.7 Å². The summed E-state index contributed by atoms with van der Waals surface area (Å²) < 4.78 is 0. The Labute approximate surface area is 268 Å². The number of benzene rings is 4. The standard InChI is InChI=1S/C36H23Cl2N3O4/c37-19-10-14-21(15-11-19)39-32(42)28-25-18-26-24-8-4-5-9-27(24)41(23-6-2-1-3-7-23)36(26,30(28)34(39)44)31-29(25)33(43)40(35(31)45)22-16-12-20(38)13-17-22/h1-18,25,28-31H. The Balaban J connectivity index is 1.32. The van der Waals surface area contributed by atoms with Crippen LogP contribution in [0, 0.1) is 29.6 Å². The lowest BCUT2D eigenvalue weighted by Crippen LogP contribution is -2.68. The maximum atomic E-state index is 14.9. The second-order valence-electron chi connectivity index (χ2n) is 12.2. The minimum absolute atomic E-state index is 0.375. The summed E-state index contributed by atoms with van der Waals surface area (Å²) in [7, 11) is 0. The first-order valence-electron chi connectivity index (χ1n) is 14.8. The Kier molecular flexibility index (Phi) is 5.43. The second kappa shape index (κ2) is 9.16. The molecular weight excluding hydrogens is 609 g/mol. The predicted octanol–water partition coefficient (Wildman–Crippen LogP) is 6.52. The molecule has 3 fully saturated rings. The third kappa shape index (κ3) is 3.22. The van der Waals surface area contributed by atoms with Gasteiger partial charge in [-0.3, -0.25) is 19.2 Å². The number of rotatable bonds is 3. The highest BCUT2D eigenvalue weighted by atomic mass is 35.5. The van der Waals surface area contributed by atoms with E-state index in [0.717, 1.165) is 22.5 Å². The molecule has 9 heteroatoms. The van der Waals surface area contributed by atoms with Crippen molar-refractivity contribution in [3.05, 3.63) is 125 Å². The molecule has 3 aliphatic heterocycles. The van der Waals surface area contributed by atoms with Gasteiger partial charge in [0.2, 0.25) is 23.6 Å². The smallest absolute Gasteiger partial charge is 0.240 e. The van der Waals surface area contributed by atoms with Gasteiger partial charge in [0.05, 0.1) is 40.6 Å². The molecule has 4 aromatic rings. The molecule has 0 N–H and O–H groups in total. The topological polar surface area (TPSA) is 78.0 Å². The lowest BCUT2D eigenvalue weighted by molar-refractivity contribution is -0.138. The fourth-order valence-electron chi connectivity index (χ4n) is 8.79. The van der Waals surface area contributed by atoms with E-state index in [1.54, 1.807) is 48.5 Å². The van der Waals surface area contributed by atoms with Crippen LogP contribution in [0.1, 0.15) is 5.56 Å². The van der Waals surface area contributed by atoms with Crippen molar-refractivity contribution in [1.82, 2.24) is 0 Å². The summed E-state index contributed by atoms with van der Waals surface area (Å²) in [5.41, 5.74) is 2.78. The number of carbonyl (C=O) groups is 4. The van der Waals surface area contributed by atoms with Gasteiger partial charge in [0.25, 0.3) is 0 Å². The van der Waals surface area contributed by atoms with Gasteiger partial charge < -0.3 is 4.90 Å². The largest absolute Gasteiger partial charge is 0.329 e. The van der Waals surface area contributed by atoms with Crippen LogP contribution >= 0.6 is 23.2 Å². The second-order valence-corrected chi connectivity index (χ2v) is 13.0. The van der Waals surface area contributed by atoms with E-state index in [-0.39, 0.29) is 23.6 Å². The summed E-state index contributed by atoms with van der Waals surface area (Å²) in [5.74, 6) is -5.74. The minimum atomic E-state index is -1.34. The monoisotopic (exact) mass is 631 g/mol. The number of allylic oxidation sites excluding steroid dienone is 1. The number of halogens is 2. The van der Waals surface area contributed by atoms with Crippen molar-refractivity contribution in [2.24, 2.45) is 29.6 Å². The van der Waals surface area contributed by atoms with Crippen LogP contribution in [0.15, 0.2) is 109 Å². The fraction of sp³-hybridized carbons (Fsp3) is 0.167. The molecule has 0 radical (unpaired) electrons. The number of para-hydroxylation sites is 2. The van der Waals surface area contributed by atoms with Crippen LogP contribution in [0.3, 0.4) is 0 Å². The number of amides is 4. The quantitative estimate of drug-likeness (QED) is 0.241. The van der Waals surface area contributed by atoms with Crippen LogP contribution in [0.2, 0.25) is 10.0 Å². The van der Waals surface area contributed by atoms with Crippen molar-refractivity contribution >= 4 is 75.2 Å². The van der Waals surface area contributed by atoms with Crippen molar-refractivity contribution in [2.75, 3.05) is 14.7 Å². The number of anilines is 4. The summed E-state index contributed by atoms with van der Waals surface area (Å²) in [6, 6.07) is 30.6. The molecule has 2 bridgehead atoms. The summed E-state index contributed by atoms with van der Waals surface area (Å²) in [4.78, 5) is 63.2. The van der Waals surface area contributed by atoms with Gasteiger partial charge in [-0.15, -0.1) is 0 Å². The normalized spacial score (nSPS) is 29.2. The molecule has 3 aliphatic carbocycles. The molecule has 4 amide bonds. The highest BCUT2D eigenvalue weighted by Crippen LogP contribution is 2.71. The van der Waals surface area contributed by atoms with Gasteiger partial charge in [-0.2, -0.15) is 0 Å². The van der Waals surface area contributed by atoms with E-state index in [1.807, 2.05) is 60.7 Å². The number of imide groups is 2. The van der Waals surface area contributed by atoms with E-state index in [0.29, 0.717) is 21.4 Å². The third-order valence-electron chi connectivity index (χ3n) is 10.3. The number of carbonyl (C=O) groups excluding carboxylic acids is 4. The molecule has 4 atom stereocenters. The molecule has 6 aliphatic rings. The van der Waals surface area contributed by atoms with Crippen molar-refractivity contribution in [3.63, 3.8) is 0 Å². The van der Waals surface area contributed by atoms with Gasteiger partial charge in [-0.05, 0) is 72.3 Å². The molecule has 4 aromatic carbocycles.